The Labute approximate surface area is 195 Å². The Morgan fingerprint density at radius 3 is 2.55 bits per heavy atom. The largest absolute Gasteiger partial charge is 0.585 e. The van der Waals surface area contributed by atoms with Crippen molar-refractivity contribution in [2.45, 2.75) is 38.6 Å². The predicted octanol–water partition coefficient (Wildman–Crippen LogP) is 4.54. The standard InChI is InChI=1S/C26H33N3O4/c1-32-22-10-7-18(8-11-22)16-27-26(31)28-21-9-12-23(24(15-21)33-2)25(30)29-14-13-19-5-3-4-6-20(19)17-29/h7-12,15,19-20H,3-6,13-14,16-17H2,1-2H3,(H2,27,28,31)/p+1. The van der Waals surface area contributed by atoms with E-state index >= 15 is 0 Å². The molecule has 0 bridgehead atoms. The van der Waals surface area contributed by atoms with Crippen molar-refractivity contribution in [3.63, 3.8) is 0 Å². The van der Waals surface area contributed by atoms with Crippen LogP contribution in [0.5, 0.6) is 11.5 Å². The van der Waals surface area contributed by atoms with Crippen molar-refractivity contribution >= 4 is 17.6 Å². The van der Waals surface area contributed by atoms with Gasteiger partial charge >= 0.3 is 6.03 Å². The van der Waals surface area contributed by atoms with Gasteiger partial charge in [-0.3, -0.25) is 4.79 Å². The minimum absolute atomic E-state index is 0.00846. The van der Waals surface area contributed by atoms with Crippen LogP contribution < -0.4 is 15.4 Å². The van der Waals surface area contributed by atoms with Crippen molar-refractivity contribution < 1.29 is 19.1 Å². The highest BCUT2D eigenvalue weighted by Gasteiger charge is 2.33. The van der Waals surface area contributed by atoms with E-state index in [2.05, 4.69) is 15.4 Å². The molecule has 1 saturated carbocycles. The lowest BCUT2D eigenvalue weighted by Gasteiger charge is -2.41. The maximum absolute atomic E-state index is 13.2. The highest BCUT2D eigenvalue weighted by molar-refractivity contribution is 5.98. The third-order valence-corrected chi connectivity index (χ3v) is 6.92. The van der Waals surface area contributed by atoms with Crippen LogP contribution in [0.25, 0.3) is 0 Å². The monoisotopic (exact) mass is 452 g/mol. The number of methoxy groups -OCH3 is 1. The van der Waals surface area contributed by atoms with Crippen molar-refractivity contribution in [3.8, 4) is 11.5 Å². The number of benzene rings is 2. The molecular formula is C26H34N3O4+. The molecule has 1 saturated heterocycles. The minimum Gasteiger partial charge on any atom is -0.585 e. The fraction of sp³-hybridized carbons (Fsp3) is 0.462. The zero-order valence-electron chi connectivity index (χ0n) is 19.5. The lowest BCUT2D eigenvalue weighted by molar-refractivity contribution is 0.0518. The van der Waals surface area contributed by atoms with Gasteiger partial charge in [0.25, 0.3) is 11.7 Å². The number of rotatable bonds is 6. The zero-order chi connectivity index (χ0) is 23.2. The molecular weight excluding hydrogens is 418 g/mol. The number of hydrogen-bond donors (Lipinski definition) is 2. The van der Waals surface area contributed by atoms with Crippen LogP contribution >= 0.6 is 0 Å². The van der Waals surface area contributed by atoms with Crippen LogP contribution in [0.4, 0.5) is 10.5 Å². The van der Waals surface area contributed by atoms with E-state index in [1.165, 1.54) is 25.7 Å². The molecule has 7 nitrogen and oxygen atoms in total. The summed E-state index contributed by atoms with van der Waals surface area (Å²) in [5, 5.41) is 5.66. The topological polar surface area (TPSA) is 83.5 Å². The molecule has 2 aromatic carbocycles. The quantitative estimate of drug-likeness (QED) is 0.631. The molecule has 0 radical (unpaired) electrons. The molecule has 1 aliphatic carbocycles. The summed E-state index contributed by atoms with van der Waals surface area (Å²) in [6.07, 6.45) is 6.22. The van der Waals surface area contributed by atoms with Gasteiger partial charge in [-0.05, 0) is 54.5 Å². The molecule has 1 aliphatic heterocycles. The van der Waals surface area contributed by atoms with E-state index < -0.39 is 0 Å². The normalized spacial score (nSPS) is 19.9. The summed E-state index contributed by atoms with van der Waals surface area (Å²) in [5.41, 5.74) is 2.10. The van der Waals surface area contributed by atoms with E-state index in [0.717, 1.165) is 36.7 Å². The fourth-order valence-corrected chi connectivity index (χ4v) is 5.02. The number of fused-ring (bicyclic) bond motifs is 1. The van der Waals surface area contributed by atoms with Gasteiger partial charge in [0, 0.05) is 43.5 Å². The van der Waals surface area contributed by atoms with Crippen LogP contribution in [0, 0.1) is 11.8 Å². The van der Waals surface area contributed by atoms with E-state index in [1.54, 1.807) is 32.4 Å². The lowest BCUT2D eigenvalue weighted by Crippen LogP contribution is -2.44. The van der Waals surface area contributed by atoms with Gasteiger partial charge < -0.3 is 25.0 Å². The van der Waals surface area contributed by atoms with Crippen LogP contribution in [0.3, 0.4) is 0 Å². The fourth-order valence-electron chi connectivity index (χ4n) is 5.02. The van der Waals surface area contributed by atoms with E-state index in [-0.39, 0.29) is 11.9 Å². The summed E-state index contributed by atoms with van der Waals surface area (Å²) < 4.78 is 9.62. The van der Waals surface area contributed by atoms with Crippen LogP contribution in [-0.4, -0.2) is 48.9 Å². The van der Waals surface area contributed by atoms with Crippen molar-refractivity contribution in [1.29, 1.82) is 0 Å². The molecule has 2 atom stereocenters. The summed E-state index contributed by atoms with van der Waals surface area (Å²) in [4.78, 5) is 27.6. The first-order valence-electron chi connectivity index (χ1n) is 11.8. The number of likely N-dealkylation sites (tertiary alicyclic amines) is 1. The number of carbonyl (C=O) groups excluding carboxylic acids is 2. The molecule has 176 valence electrons. The van der Waals surface area contributed by atoms with Crippen LogP contribution in [0.1, 0.15) is 48.0 Å². The Bertz CT molecular complexity index is 976. The first-order valence-corrected chi connectivity index (χ1v) is 11.8. The van der Waals surface area contributed by atoms with E-state index in [0.29, 0.717) is 29.5 Å². The second kappa shape index (κ2) is 10.6. The maximum Gasteiger partial charge on any atom is 0.319 e. The highest BCUT2D eigenvalue weighted by Crippen LogP contribution is 2.37. The third kappa shape index (κ3) is 5.59. The van der Waals surface area contributed by atoms with E-state index in [1.807, 2.05) is 29.2 Å². The lowest BCUT2D eigenvalue weighted by atomic mass is 9.75. The van der Waals surface area contributed by atoms with Crippen LogP contribution in [-0.2, 0) is 6.54 Å². The zero-order valence-corrected chi connectivity index (χ0v) is 19.5. The number of piperidine rings is 1. The Balaban J connectivity index is 1.35. The van der Waals surface area contributed by atoms with Gasteiger partial charge in [-0.15, -0.1) is 0 Å². The van der Waals surface area contributed by atoms with Gasteiger partial charge in [0.05, 0.1) is 12.7 Å². The van der Waals surface area contributed by atoms with Gasteiger partial charge in [0.15, 0.2) is 7.11 Å². The molecule has 7 heteroatoms. The SMILES string of the molecule is COc1cc(NC(=O)NCc2ccc([OH+]C)cc2)ccc1C(=O)N1CCC2CCCCC2C1. The number of nitrogens with one attached hydrogen (secondary N) is 2. The number of nitrogens with zero attached hydrogens (tertiary/aromatic N) is 1. The number of carbonyl (C=O) groups is 2. The van der Waals surface area contributed by atoms with Crippen LogP contribution in [0.15, 0.2) is 42.5 Å². The minimum atomic E-state index is -0.320. The van der Waals surface area contributed by atoms with Gasteiger partial charge in [-0.2, -0.15) is 0 Å². The molecule has 1 heterocycles. The molecule has 2 aromatic rings. The Hall–Kier alpha value is -3.22. The van der Waals surface area contributed by atoms with E-state index in [4.69, 9.17) is 4.74 Å². The molecule has 2 aliphatic rings. The number of ether oxygens (including phenoxy) is 2. The third-order valence-electron chi connectivity index (χ3n) is 6.92. The van der Waals surface area contributed by atoms with Crippen molar-refractivity contribution in [2.75, 3.05) is 32.6 Å². The summed E-state index contributed by atoms with van der Waals surface area (Å²) in [6, 6.07) is 12.6. The highest BCUT2D eigenvalue weighted by atomic mass is 16.5. The maximum atomic E-state index is 13.2. The molecule has 33 heavy (non-hydrogen) atoms. The molecule has 0 spiro atoms. The van der Waals surface area contributed by atoms with Crippen LogP contribution in [0.2, 0.25) is 0 Å². The number of anilines is 1. The first kappa shape index (κ1) is 23.0. The Kier molecular flexibility index (Phi) is 7.37. The van der Waals surface area contributed by atoms with Crippen molar-refractivity contribution in [3.05, 3.63) is 53.6 Å². The molecule has 0 aromatic heterocycles. The van der Waals surface area contributed by atoms with E-state index in [9.17, 15) is 9.59 Å². The molecule has 3 N–H and O–H groups in total. The number of urea groups is 1. The first-order chi connectivity index (χ1) is 16.1. The number of hydrogen-bond acceptors (Lipinski definition) is 3. The summed E-state index contributed by atoms with van der Waals surface area (Å²) >= 11 is 0. The van der Waals surface area contributed by atoms with Gasteiger partial charge in [-0.25, -0.2) is 4.79 Å². The second-order valence-electron chi connectivity index (χ2n) is 8.96. The van der Waals surface area contributed by atoms with Crippen molar-refractivity contribution in [2.24, 2.45) is 11.8 Å². The average Bonchev–Trinajstić information content (AvgIpc) is 2.87. The summed E-state index contributed by atoms with van der Waals surface area (Å²) in [7, 11) is 3.29. The average molecular weight is 453 g/mol. The summed E-state index contributed by atoms with van der Waals surface area (Å²) in [5.74, 6) is 2.78. The smallest absolute Gasteiger partial charge is 0.319 e. The van der Waals surface area contributed by atoms with Crippen molar-refractivity contribution in [1.82, 2.24) is 10.2 Å². The number of aromatic hydroxyl groups is 1. The van der Waals surface area contributed by atoms with Gasteiger partial charge in [0.1, 0.15) is 5.75 Å². The molecule has 2 fully saturated rings. The number of amides is 3. The molecule has 2 unspecified atom stereocenters. The second-order valence-corrected chi connectivity index (χ2v) is 8.96. The molecule has 4 rings (SSSR count). The number of aliphatic hydroxyl groups is 1. The van der Waals surface area contributed by atoms with Gasteiger partial charge in [0.2, 0.25) is 0 Å². The summed E-state index contributed by atoms with van der Waals surface area (Å²) in [6.45, 7) is 2.04. The Morgan fingerprint density at radius 2 is 1.82 bits per heavy atom. The van der Waals surface area contributed by atoms with Gasteiger partial charge in [-0.1, -0.05) is 19.3 Å². The predicted molar refractivity (Wildman–Crippen MR) is 129 cm³/mol. The Morgan fingerprint density at radius 1 is 1.06 bits per heavy atom. The molecule has 3 amide bonds.